The van der Waals surface area contributed by atoms with Gasteiger partial charge >= 0.3 is 0 Å². The fraction of sp³-hybridized carbons (Fsp3) is 0. The minimum atomic E-state index is 0.111. The zero-order valence-electron chi connectivity index (χ0n) is 14.1. The molecule has 4 aromatic rings. The van der Waals surface area contributed by atoms with E-state index in [4.69, 9.17) is 63.0 Å². The van der Waals surface area contributed by atoms with Crippen LogP contribution in [0.1, 0.15) is 0 Å². The van der Waals surface area contributed by atoms with Gasteiger partial charge in [0.15, 0.2) is 0 Å². The summed E-state index contributed by atoms with van der Waals surface area (Å²) < 4.78 is 0. The first-order valence-electron chi connectivity index (χ1n) is 8.21. The summed E-state index contributed by atoms with van der Waals surface area (Å²) >= 11 is 31.5. The molecule has 0 aliphatic carbocycles. The average molecular weight is 469 g/mol. The number of halogens is 5. The molecular weight excluding hydrogens is 458 g/mol. The van der Waals surface area contributed by atoms with E-state index in [0.717, 1.165) is 22.5 Å². The lowest BCUT2D eigenvalue weighted by Crippen LogP contribution is -1.89. The molecule has 0 bridgehead atoms. The van der Waals surface area contributed by atoms with Crippen LogP contribution in [0.4, 0.5) is 0 Å². The van der Waals surface area contributed by atoms with Gasteiger partial charge in [-0.3, -0.25) is 0 Å². The van der Waals surface area contributed by atoms with Gasteiger partial charge < -0.3 is 4.98 Å². The highest BCUT2D eigenvalue weighted by atomic mass is 35.5. The zero-order valence-corrected chi connectivity index (χ0v) is 17.9. The van der Waals surface area contributed by atoms with Crippen LogP contribution in [0.3, 0.4) is 0 Å². The first kappa shape index (κ1) is 19.6. The predicted octanol–water partition coefficient (Wildman–Crippen LogP) is 8.68. The highest BCUT2D eigenvalue weighted by molar-refractivity contribution is 6.56. The SMILES string of the molecule is Clc1c(Cl)c(Cl)c(-c2nc(-c3ccccc3)c(-c3ccccc3)[nH]2)c(Cl)c1Cl. The zero-order chi connectivity index (χ0) is 19.8. The van der Waals surface area contributed by atoms with Crippen LogP contribution in [0.2, 0.25) is 25.1 Å². The highest BCUT2D eigenvalue weighted by Crippen LogP contribution is 2.48. The third-order valence-corrected chi connectivity index (χ3v) is 6.54. The van der Waals surface area contributed by atoms with Gasteiger partial charge in [0.25, 0.3) is 0 Å². The first-order valence-corrected chi connectivity index (χ1v) is 10.1. The molecule has 0 unspecified atom stereocenters. The molecule has 1 heterocycles. The van der Waals surface area contributed by atoms with Gasteiger partial charge in [-0.1, -0.05) is 119 Å². The van der Waals surface area contributed by atoms with Crippen LogP contribution < -0.4 is 0 Å². The lowest BCUT2D eigenvalue weighted by molar-refractivity contribution is 1.31. The van der Waals surface area contributed by atoms with E-state index in [-0.39, 0.29) is 25.1 Å². The number of aromatic amines is 1. The molecule has 0 saturated heterocycles. The van der Waals surface area contributed by atoms with Crippen LogP contribution >= 0.6 is 58.0 Å². The van der Waals surface area contributed by atoms with Crippen molar-refractivity contribution < 1.29 is 0 Å². The predicted molar refractivity (Wildman–Crippen MR) is 120 cm³/mol. The number of rotatable bonds is 3. The van der Waals surface area contributed by atoms with Gasteiger partial charge in [-0.15, -0.1) is 0 Å². The van der Waals surface area contributed by atoms with Crippen molar-refractivity contribution in [2.75, 3.05) is 0 Å². The second kappa shape index (κ2) is 7.98. The van der Waals surface area contributed by atoms with Gasteiger partial charge in [0, 0.05) is 11.1 Å². The van der Waals surface area contributed by atoms with E-state index in [1.165, 1.54) is 0 Å². The summed E-state index contributed by atoms with van der Waals surface area (Å²) in [7, 11) is 0. The van der Waals surface area contributed by atoms with Gasteiger partial charge in [0.2, 0.25) is 0 Å². The maximum atomic E-state index is 6.44. The Labute approximate surface area is 187 Å². The fourth-order valence-electron chi connectivity index (χ4n) is 2.92. The van der Waals surface area contributed by atoms with Crippen LogP contribution in [0.5, 0.6) is 0 Å². The van der Waals surface area contributed by atoms with Crippen molar-refractivity contribution in [2.45, 2.75) is 0 Å². The Balaban J connectivity index is 2.00. The van der Waals surface area contributed by atoms with E-state index < -0.39 is 0 Å². The number of nitrogens with zero attached hydrogens (tertiary/aromatic N) is 1. The molecule has 140 valence electrons. The summed E-state index contributed by atoms with van der Waals surface area (Å²) in [5.41, 5.74) is 3.91. The summed E-state index contributed by atoms with van der Waals surface area (Å²) in [6.45, 7) is 0. The Morgan fingerprint density at radius 2 is 1.04 bits per heavy atom. The molecule has 1 aromatic heterocycles. The largest absolute Gasteiger partial charge is 0.337 e. The molecule has 0 aliphatic heterocycles. The molecule has 0 fully saturated rings. The van der Waals surface area contributed by atoms with Crippen LogP contribution in [0.15, 0.2) is 60.7 Å². The average Bonchev–Trinajstić information content (AvgIpc) is 3.17. The molecule has 0 saturated carbocycles. The first-order chi connectivity index (χ1) is 13.5. The minimum Gasteiger partial charge on any atom is -0.337 e. The van der Waals surface area contributed by atoms with E-state index in [2.05, 4.69) is 4.98 Å². The number of benzene rings is 3. The maximum absolute atomic E-state index is 6.44. The summed E-state index contributed by atoms with van der Waals surface area (Å²) in [6, 6.07) is 19.7. The van der Waals surface area contributed by atoms with Crippen molar-refractivity contribution in [3.05, 3.63) is 85.8 Å². The lowest BCUT2D eigenvalue weighted by Gasteiger charge is -2.10. The van der Waals surface area contributed by atoms with Gasteiger partial charge in [-0.05, 0) is 0 Å². The van der Waals surface area contributed by atoms with Crippen molar-refractivity contribution in [1.82, 2.24) is 9.97 Å². The fourth-order valence-corrected chi connectivity index (χ4v) is 4.24. The van der Waals surface area contributed by atoms with Gasteiger partial charge in [-0.2, -0.15) is 0 Å². The molecule has 1 N–H and O–H groups in total. The van der Waals surface area contributed by atoms with Crippen LogP contribution in [-0.4, -0.2) is 9.97 Å². The minimum absolute atomic E-state index is 0.111. The summed E-state index contributed by atoms with van der Waals surface area (Å²) in [5.74, 6) is 0.452. The molecule has 0 radical (unpaired) electrons. The van der Waals surface area contributed by atoms with Crippen LogP contribution in [0, 0.1) is 0 Å². The molecule has 2 nitrogen and oxygen atoms in total. The number of imidazole rings is 1. The maximum Gasteiger partial charge on any atom is 0.141 e. The lowest BCUT2D eigenvalue weighted by atomic mass is 10.1. The topological polar surface area (TPSA) is 28.7 Å². The van der Waals surface area contributed by atoms with E-state index >= 15 is 0 Å². The Bertz CT molecular complexity index is 1070. The quantitative estimate of drug-likeness (QED) is 0.236. The van der Waals surface area contributed by atoms with Gasteiger partial charge in [-0.25, -0.2) is 4.98 Å². The summed E-state index contributed by atoms with van der Waals surface area (Å²) in [4.78, 5) is 8.10. The second-order valence-corrected chi connectivity index (χ2v) is 7.88. The Hall–Kier alpha value is -1.68. The number of hydrogen-bond donors (Lipinski definition) is 1. The van der Waals surface area contributed by atoms with Crippen molar-refractivity contribution in [3.63, 3.8) is 0 Å². The van der Waals surface area contributed by atoms with Crippen molar-refractivity contribution in [2.24, 2.45) is 0 Å². The number of aromatic nitrogens is 2. The summed E-state index contributed by atoms with van der Waals surface area (Å²) in [5, 5.41) is 0.751. The van der Waals surface area contributed by atoms with E-state index in [9.17, 15) is 0 Å². The Morgan fingerprint density at radius 3 is 1.57 bits per heavy atom. The van der Waals surface area contributed by atoms with Crippen LogP contribution in [0.25, 0.3) is 33.9 Å². The number of H-pyrrole nitrogens is 1. The number of hydrogen-bond acceptors (Lipinski definition) is 1. The summed E-state index contributed by atoms with van der Waals surface area (Å²) in [6.07, 6.45) is 0. The van der Waals surface area contributed by atoms with Crippen LogP contribution in [-0.2, 0) is 0 Å². The van der Waals surface area contributed by atoms with Gasteiger partial charge in [0.05, 0.1) is 42.1 Å². The second-order valence-electron chi connectivity index (χ2n) is 5.99. The highest BCUT2D eigenvalue weighted by Gasteiger charge is 2.24. The third kappa shape index (κ3) is 3.41. The monoisotopic (exact) mass is 466 g/mol. The van der Waals surface area contributed by atoms with Crippen molar-refractivity contribution in [1.29, 1.82) is 0 Å². The molecule has 0 aliphatic rings. The molecule has 4 rings (SSSR count). The molecule has 3 aromatic carbocycles. The standard InChI is InChI=1S/C21H11Cl5N2/c22-14-13(15(23)17(25)18(26)16(14)24)21-27-19(11-7-3-1-4-8-11)20(28-21)12-9-5-2-6-10-12/h1-10H,(H,27,28). The Morgan fingerprint density at radius 1 is 0.571 bits per heavy atom. The normalized spacial score (nSPS) is 11.0. The van der Waals surface area contributed by atoms with E-state index in [1.807, 2.05) is 60.7 Å². The molecule has 0 amide bonds. The van der Waals surface area contributed by atoms with E-state index in [0.29, 0.717) is 11.4 Å². The van der Waals surface area contributed by atoms with Crippen molar-refractivity contribution >= 4 is 58.0 Å². The van der Waals surface area contributed by atoms with E-state index in [1.54, 1.807) is 0 Å². The third-order valence-electron chi connectivity index (χ3n) is 4.26. The van der Waals surface area contributed by atoms with Gasteiger partial charge in [0.1, 0.15) is 5.82 Å². The molecule has 0 spiro atoms. The Kier molecular flexibility index (Phi) is 5.59. The smallest absolute Gasteiger partial charge is 0.141 e. The van der Waals surface area contributed by atoms with Crippen molar-refractivity contribution in [3.8, 4) is 33.9 Å². The molecule has 0 atom stereocenters. The molecule has 28 heavy (non-hydrogen) atoms. The molecule has 7 heteroatoms. The number of nitrogens with one attached hydrogen (secondary N) is 1. The molecular formula is C21H11Cl5N2.